The van der Waals surface area contributed by atoms with E-state index < -0.39 is 5.97 Å². The number of benzene rings is 1. The summed E-state index contributed by atoms with van der Waals surface area (Å²) in [5.74, 6) is 0.703. The Labute approximate surface area is 104 Å². The van der Waals surface area contributed by atoms with E-state index in [9.17, 15) is 4.79 Å². The number of aliphatic carboxylic acids is 1. The third-order valence-electron chi connectivity index (χ3n) is 2.43. The molecule has 0 aliphatic carbocycles. The third-order valence-corrected chi connectivity index (χ3v) is 3.44. The second-order valence-electron chi connectivity index (χ2n) is 3.69. The monoisotopic (exact) mass is 247 g/mol. The highest BCUT2D eigenvalue weighted by Gasteiger charge is 2.02. The van der Waals surface area contributed by atoms with Gasteiger partial charge in [-0.3, -0.25) is 9.78 Å². The van der Waals surface area contributed by atoms with Crippen molar-refractivity contribution in [2.45, 2.75) is 12.2 Å². The zero-order chi connectivity index (χ0) is 12.1. The standard InChI is InChI=1S/C13H13NO2S/c15-12(16)6-8-17-9-11-4-1-3-10-5-2-7-14-13(10)11/h1-5,7H,6,8-9H2,(H,15,16). The van der Waals surface area contributed by atoms with Gasteiger partial charge in [0.2, 0.25) is 0 Å². The lowest BCUT2D eigenvalue weighted by Gasteiger charge is -2.04. The summed E-state index contributed by atoms with van der Waals surface area (Å²) in [6.07, 6.45) is 2.00. The van der Waals surface area contributed by atoms with Gasteiger partial charge in [0.15, 0.2) is 0 Å². The second-order valence-corrected chi connectivity index (χ2v) is 4.79. The van der Waals surface area contributed by atoms with E-state index in [0.29, 0.717) is 5.75 Å². The van der Waals surface area contributed by atoms with Gasteiger partial charge < -0.3 is 5.11 Å². The van der Waals surface area contributed by atoms with Gasteiger partial charge >= 0.3 is 5.97 Å². The number of fused-ring (bicyclic) bond motifs is 1. The zero-order valence-electron chi connectivity index (χ0n) is 9.30. The first kappa shape index (κ1) is 11.9. The molecule has 0 aliphatic heterocycles. The second kappa shape index (κ2) is 5.68. The molecule has 0 saturated carbocycles. The smallest absolute Gasteiger partial charge is 0.304 e. The summed E-state index contributed by atoms with van der Waals surface area (Å²) in [5.41, 5.74) is 2.18. The predicted molar refractivity (Wildman–Crippen MR) is 70.2 cm³/mol. The van der Waals surface area contributed by atoms with Gasteiger partial charge in [-0.1, -0.05) is 24.3 Å². The number of nitrogens with zero attached hydrogens (tertiary/aromatic N) is 1. The first-order valence-corrected chi connectivity index (χ1v) is 6.55. The molecule has 1 aromatic carbocycles. The highest BCUT2D eigenvalue weighted by atomic mass is 32.2. The van der Waals surface area contributed by atoms with Gasteiger partial charge in [-0.05, 0) is 11.6 Å². The minimum Gasteiger partial charge on any atom is -0.481 e. The van der Waals surface area contributed by atoms with E-state index in [-0.39, 0.29) is 6.42 Å². The van der Waals surface area contributed by atoms with Gasteiger partial charge in [-0.2, -0.15) is 11.8 Å². The van der Waals surface area contributed by atoms with E-state index >= 15 is 0 Å². The Bertz CT molecular complexity index is 522. The van der Waals surface area contributed by atoms with Crippen LogP contribution in [0.2, 0.25) is 0 Å². The van der Waals surface area contributed by atoms with Gasteiger partial charge in [-0.25, -0.2) is 0 Å². The van der Waals surface area contributed by atoms with E-state index in [4.69, 9.17) is 5.11 Å². The summed E-state index contributed by atoms with van der Waals surface area (Å²) in [7, 11) is 0. The molecule has 88 valence electrons. The Morgan fingerprint density at radius 1 is 1.29 bits per heavy atom. The van der Waals surface area contributed by atoms with Crippen molar-refractivity contribution in [3.63, 3.8) is 0 Å². The van der Waals surface area contributed by atoms with Gasteiger partial charge in [0.1, 0.15) is 0 Å². The Hall–Kier alpha value is -1.55. The summed E-state index contributed by atoms with van der Waals surface area (Å²) in [6.45, 7) is 0. The van der Waals surface area contributed by atoms with Crippen LogP contribution in [0.4, 0.5) is 0 Å². The van der Waals surface area contributed by atoms with Crippen molar-refractivity contribution >= 4 is 28.6 Å². The normalized spacial score (nSPS) is 10.6. The fraction of sp³-hybridized carbons (Fsp3) is 0.231. The molecule has 0 aliphatic rings. The van der Waals surface area contributed by atoms with E-state index in [1.54, 1.807) is 18.0 Å². The summed E-state index contributed by atoms with van der Waals surface area (Å²) < 4.78 is 0. The van der Waals surface area contributed by atoms with Crippen LogP contribution in [0.25, 0.3) is 10.9 Å². The van der Waals surface area contributed by atoms with E-state index in [2.05, 4.69) is 4.98 Å². The van der Waals surface area contributed by atoms with Gasteiger partial charge in [0.05, 0.1) is 11.9 Å². The van der Waals surface area contributed by atoms with Crippen molar-refractivity contribution < 1.29 is 9.90 Å². The van der Waals surface area contributed by atoms with Gasteiger partial charge in [-0.15, -0.1) is 0 Å². The van der Waals surface area contributed by atoms with Crippen LogP contribution in [0.15, 0.2) is 36.5 Å². The van der Waals surface area contributed by atoms with E-state index in [1.165, 1.54) is 5.56 Å². The van der Waals surface area contributed by atoms with Crippen LogP contribution < -0.4 is 0 Å². The largest absolute Gasteiger partial charge is 0.481 e. The maximum absolute atomic E-state index is 10.4. The Kier molecular flexibility index (Phi) is 3.98. The number of hydrogen-bond acceptors (Lipinski definition) is 3. The zero-order valence-corrected chi connectivity index (χ0v) is 10.1. The van der Waals surface area contributed by atoms with Crippen LogP contribution >= 0.6 is 11.8 Å². The third kappa shape index (κ3) is 3.20. The molecule has 17 heavy (non-hydrogen) atoms. The molecule has 4 heteroatoms. The average molecular weight is 247 g/mol. The Balaban J connectivity index is 2.05. The number of aromatic nitrogens is 1. The van der Waals surface area contributed by atoms with Crippen molar-refractivity contribution in [2.24, 2.45) is 0 Å². The molecule has 0 fully saturated rings. The number of carboxylic acid groups (broad SMARTS) is 1. The SMILES string of the molecule is O=C(O)CCSCc1cccc2cccnc12. The van der Waals surface area contributed by atoms with E-state index in [0.717, 1.165) is 16.7 Å². The topological polar surface area (TPSA) is 50.2 Å². The lowest BCUT2D eigenvalue weighted by molar-refractivity contribution is -0.136. The van der Waals surface area contributed by atoms with Crippen molar-refractivity contribution in [1.29, 1.82) is 0 Å². The minimum atomic E-state index is -0.742. The van der Waals surface area contributed by atoms with Crippen LogP contribution in [0, 0.1) is 0 Å². The number of para-hydroxylation sites is 1. The van der Waals surface area contributed by atoms with Crippen LogP contribution in [0.5, 0.6) is 0 Å². The van der Waals surface area contributed by atoms with Gasteiger partial charge in [0, 0.05) is 23.1 Å². The maximum Gasteiger partial charge on any atom is 0.304 e. The number of pyridine rings is 1. The molecule has 3 nitrogen and oxygen atoms in total. The van der Waals surface area contributed by atoms with Gasteiger partial charge in [0.25, 0.3) is 0 Å². The van der Waals surface area contributed by atoms with Crippen molar-refractivity contribution in [2.75, 3.05) is 5.75 Å². The van der Waals surface area contributed by atoms with Crippen LogP contribution in [-0.2, 0) is 10.5 Å². The molecule has 2 aromatic rings. The molecule has 1 aromatic heterocycles. The lowest BCUT2D eigenvalue weighted by atomic mass is 10.1. The molecular weight excluding hydrogens is 234 g/mol. The molecule has 0 radical (unpaired) electrons. The molecule has 0 saturated heterocycles. The summed E-state index contributed by atoms with van der Waals surface area (Å²) in [6, 6.07) is 10.0. The fourth-order valence-corrected chi connectivity index (χ4v) is 2.54. The molecule has 0 amide bonds. The highest BCUT2D eigenvalue weighted by molar-refractivity contribution is 7.98. The Morgan fingerprint density at radius 3 is 2.94 bits per heavy atom. The van der Waals surface area contributed by atoms with Crippen LogP contribution in [-0.4, -0.2) is 21.8 Å². The van der Waals surface area contributed by atoms with Crippen LogP contribution in [0.3, 0.4) is 0 Å². The number of hydrogen-bond donors (Lipinski definition) is 1. The summed E-state index contributed by atoms with van der Waals surface area (Å²) >= 11 is 1.63. The first-order valence-electron chi connectivity index (χ1n) is 5.39. The molecule has 0 unspecified atom stereocenters. The first-order chi connectivity index (χ1) is 8.27. The lowest BCUT2D eigenvalue weighted by Crippen LogP contribution is -1.96. The summed E-state index contributed by atoms with van der Waals surface area (Å²) in [4.78, 5) is 14.8. The number of rotatable bonds is 5. The molecule has 1 heterocycles. The molecule has 2 rings (SSSR count). The quantitative estimate of drug-likeness (QED) is 0.825. The molecular formula is C13H13NO2S. The van der Waals surface area contributed by atoms with Crippen LogP contribution in [0.1, 0.15) is 12.0 Å². The van der Waals surface area contributed by atoms with E-state index in [1.807, 2.05) is 30.3 Å². The number of carboxylic acids is 1. The van der Waals surface area contributed by atoms with Crippen molar-refractivity contribution in [3.05, 3.63) is 42.1 Å². The number of carbonyl (C=O) groups is 1. The average Bonchev–Trinajstić information content (AvgIpc) is 2.34. The molecule has 1 N–H and O–H groups in total. The fourth-order valence-electron chi connectivity index (χ4n) is 1.63. The maximum atomic E-state index is 10.4. The van der Waals surface area contributed by atoms with Crippen molar-refractivity contribution in [3.8, 4) is 0 Å². The molecule has 0 atom stereocenters. The Morgan fingerprint density at radius 2 is 2.12 bits per heavy atom. The predicted octanol–water partition coefficient (Wildman–Crippen LogP) is 2.94. The summed E-state index contributed by atoms with van der Waals surface area (Å²) in [5, 5.41) is 9.69. The highest BCUT2D eigenvalue weighted by Crippen LogP contribution is 2.21. The number of thioether (sulfide) groups is 1. The minimum absolute atomic E-state index is 0.211. The molecule has 0 bridgehead atoms. The van der Waals surface area contributed by atoms with Crippen molar-refractivity contribution in [1.82, 2.24) is 4.98 Å². The molecule has 0 spiro atoms.